The van der Waals surface area contributed by atoms with Crippen molar-refractivity contribution in [2.24, 2.45) is 5.92 Å². The Morgan fingerprint density at radius 2 is 2.27 bits per heavy atom. The number of ether oxygens (including phenoxy) is 2. The highest BCUT2D eigenvalue weighted by Crippen LogP contribution is 2.32. The third-order valence-electron chi connectivity index (χ3n) is 2.76. The Morgan fingerprint density at radius 3 is 2.87 bits per heavy atom. The molecule has 5 heteroatoms. The zero-order chi connectivity index (χ0) is 10.7. The van der Waals surface area contributed by atoms with Gasteiger partial charge in [0.05, 0.1) is 25.9 Å². The second-order valence-corrected chi connectivity index (χ2v) is 4.08. The highest BCUT2D eigenvalue weighted by Gasteiger charge is 2.30. The summed E-state index contributed by atoms with van der Waals surface area (Å²) in [6, 6.07) is 0. The van der Waals surface area contributed by atoms with Crippen LogP contribution in [0.25, 0.3) is 0 Å². The molecular formula is C10H17NO4. The molecule has 2 rings (SSSR count). The SMILES string of the molecule is O=C(NCC(O)C1CC1)C1COCCO1. The number of hydrogen-bond donors (Lipinski definition) is 2. The Balaban J connectivity index is 1.66. The van der Waals surface area contributed by atoms with Gasteiger partial charge in [0.2, 0.25) is 0 Å². The monoisotopic (exact) mass is 215 g/mol. The van der Waals surface area contributed by atoms with E-state index in [-0.39, 0.29) is 5.91 Å². The fraction of sp³-hybridized carbons (Fsp3) is 0.900. The van der Waals surface area contributed by atoms with Gasteiger partial charge in [0.25, 0.3) is 5.91 Å². The number of amides is 1. The number of aliphatic hydroxyl groups is 1. The molecule has 86 valence electrons. The van der Waals surface area contributed by atoms with Crippen LogP contribution in [0.5, 0.6) is 0 Å². The Bertz CT molecular complexity index is 223. The molecule has 0 aromatic carbocycles. The van der Waals surface area contributed by atoms with E-state index >= 15 is 0 Å². The summed E-state index contributed by atoms with van der Waals surface area (Å²) in [5.74, 6) is 0.197. The van der Waals surface area contributed by atoms with E-state index < -0.39 is 12.2 Å². The normalized spacial score (nSPS) is 28.5. The molecule has 1 saturated carbocycles. The minimum atomic E-state index is -0.509. The first-order chi connectivity index (χ1) is 7.27. The van der Waals surface area contributed by atoms with Crippen LogP contribution in [0, 0.1) is 5.92 Å². The molecule has 0 aromatic rings. The smallest absolute Gasteiger partial charge is 0.251 e. The summed E-state index contributed by atoms with van der Waals surface area (Å²) in [5, 5.41) is 12.2. The lowest BCUT2D eigenvalue weighted by Crippen LogP contribution is -2.45. The molecule has 2 aliphatic rings. The summed E-state index contributed by atoms with van der Waals surface area (Å²) in [4.78, 5) is 11.5. The molecule has 1 aliphatic heterocycles. The predicted octanol–water partition coefficient (Wildman–Crippen LogP) is -0.711. The Kier molecular flexibility index (Phi) is 3.56. The highest BCUT2D eigenvalue weighted by atomic mass is 16.6. The van der Waals surface area contributed by atoms with Crippen LogP contribution in [0.15, 0.2) is 0 Å². The maximum absolute atomic E-state index is 11.5. The summed E-state index contributed by atoms with van der Waals surface area (Å²) < 4.78 is 10.4. The lowest BCUT2D eigenvalue weighted by Gasteiger charge is -2.22. The maximum atomic E-state index is 11.5. The number of hydrogen-bond acceptors (Lipinski definition) is 4. The summed E-state index contributed by atoms with van der Waals surface area (Å²) >= 11 is 0. The van der Waals surface area contributed by atoms with Gasteiger partial charge in [0.1, 0.15) is 0 Å². The second-order valence-electron chi connectivity index (χ2n) is 4.08. The lowest BCUT2D eigenvalue weighted by atomic mass is 10.2. The van der Waals surface area contributed by atoms with Gasteiger partial charge in [-0.2, -0.15) is 0 Å². The van der Waals surface area contributed by atoms with Crippen molar-refractivity contribution in [1.82, 2.24) is 5.32 Å². The highest BCUT2D eigenvalue weighted by molar-refractivity contribution is 5.81. The zero-order valence-electron chi connectivity index (χ0n) is 8.65. The fourth-order valence-corrected chi connectivity index (χ4v) is 1.61. The van der Waals surface area contributed by atoms with Gasteiger partial charge in [-0.15, -0.1) is 0 Å². The first kappa shape index (κ1) is 10.9. The van der Waals surface area contributed by atoms with Crippen molar-refractivity contribution < 1.29 is 19.4 Å². The van der Waals surface area contributed by atoms with Crippen LogP contribution in [0.2, 0.25) is 0 Å². The van der Waals surface area contributed by atoms with Gasteiger partial charge >= 0.3 is 0 Å². The molecule has 2 atom stereocenters. The molecule has 2 fully saturated rings. The molecule has 1 saturated heterocycles. The standard InChI is InChI=1S/C10H17NO4/c12-8(7-1-2-7)5-11-10(13)9-6-14-3-4-15-9/h7-9,12H,1-6H2,(H,11,13). The van der Waals surface area contributed by atoms with Crippen molar-refractivity contribution in [3.63, 3.8) is 0 Å². The minimum absolute atomic E-state index is 0.186. The van der Waals surface area contributed by atoms with Gasteiger partial charge in [-0.05, 0) is 18.8 Å². The van der Waals surface area contributed by atoms with E-state index in [4.69, 9.17) is 9.47 Å². The Hall–Kier alpha value is -0.650. The Morgan fingerprint density at radius 1 is 1.47 bits per heavy atom. The minimum Gasteiger partial charge on any atom is -0.391 e. The zero-order valence-corrected chi connectivity index (χ0v) is 8.65. The lowest BCUT2D eigenvalue weighted by molar-refractivity contribution is -0.147. The van der Waals surface area contributed by atoms with Crippen molar-refractivity contribution in [3.05, 3.63) is 0 Å². The molecule has 1 amide bonds. The van der Waals surface area contributed by atoms with Crippen LogP contribution < -0.4 is 5.32 Å². The first-order valence-corrected chi connectivity index (χ1v) is 5.42. The van der Waals surface area contributed by atoms with Gasteiger partial charge in [-0.1, -0.05) is 0 Å². The summed E-state index contributed by atoms with van der Waals surface area (Å²) in [7, 11) is 0. The first-order valence-electron chi connectivity index (χ1n) is 5.42. The molecule has 2 unspecified atom stereocenters. The van der Waals surface area contributed by atoms with Crippen molar-refractivity contribution in [1.29, 1.82) is 0 Å². The third-order valence-corrected chi connectivity index (χ3v) is 2.76. The summed E-state index contributed by atoms with van der Waals surface area (Å²) in [6.45, 7) is 1.65. The van der Waals surface area contributed by atoms with Gasteiger partial charge in [0, 0.05) is 6.54 Å². The number of aliphatic hydroxyl groups excluding tert-OH is 1. The van der Waals surface area contributed by atoms with Gasteiger partial charge < -0.3 is 19.9 Å². The van der Waals surface area contributed by atoms with Crippen molar-refractivity contribution in [3.8, 4) is 0 Å². The molecule has 2 N–H and O–H groups in total. The topological polar surface area (TPSA) is 67.8 Å². The number of rotatable bonds is 4. The average molecular weight is 215 g/mol. The molecule has 15 heavy (non-hydrogen) atoms. The molecule has 0 radical (unpaired) electrons. The fourth-order valence-electron chi connectivity index (χ4n) is 1.61. The molecule has 0 bridgehead atoms. The largest absolute Gasteiger partial charge is 0.391 e. The van der Waals surface area contributed by atoms with Gasteiger partial charge in [-0.3, -0.25) is 4.79 Å². The van der Waals surface area contributed by atoms with Gasteiger partial charge in [-0.25, -0.2) is 0 Å². The third kappa shape index (κ3) is 3.15. The number of carbonyl (C=O) groups is 1. The molecule has 0 spiro atoms. The molecular weight excluding hydrogens is 198 g/mol. The van der Waals surface area contributed by atoms with E-state index in [1.54, 1.807) is 0 Å². The Labute approximate surface area is 88.7 Å². The van der Waals surface area contributed by atoms with E-state index in [1.807, 2.05) is 0 Å². The molecule has 1 heterocycles. The quantitative estimate of drug-likeness (QED) is 0.650. The van der Waals surface area contributed by atoms with Crippen LogP contribution in [-0.4, -0.2) is 49.6 Å². The molecule has 0 aromatic heterocycles. The van der Waals surface area contributed by atoms with E-state index in [0.29, 0.717) is 32.3 Å². The van der Waals surface area contributed by atoms with E-state index in [0.717, 1.165) is 12.8 Å². The number of nitrogens with one attached hydrogen (secondary N) is 1. The maximum Gasteiger partial charge on any atom is 0.251 e. The van der Waals surface area contributed by atoms with Crippen LogP contribution in [0.4, 0.5) is 0 Å². The van der Waals surface area contributed by atoms with Crippen LogP contribution >= 0.6 is 0 Å². The number of carbonyl (C=O) groups excluding carboxylic acids is 1. The van der Waals surface area contributed by atoms with Gasteiger partial charge in [0.15, 0.2) is 6.10 Å². The summed E-state index contributed by atoms with van der Waals surface area (Å²) in [6.07, 6.45) is 1.23. The van der Waals surface area contributed by atoms with Crippen molar-refractivity contribution >= 4 is 5.91 Å². The average Bonchev–Trinajstić information content (AvgIpc) is 3.10. The molecule has 5 nitrogen and oxygen atoms in total. The van der Waals surface area contributed by atoms with Crippen molar-refractivity contribution in [2.45, 2.75) is 25.0 Å². The molecule has 1 aliphatic carbocycles. The second kappa shape index (κ2) is 4.92. The van der Waals surface area contributed by atoms with Crippen LogP contribution in [0.1, 0.15) is 12.8 Å². The van der Waals surface area contributed by atoms with Crippen LogP contribution in [-0.2, 0) is 14.3 Å². The van der Waals surface area contributed by atoms with Crippen LogP contribution in [0.3, 0.4) is 0 Å². The van der Waals surface area contributed by atoms with E-state index in [9.17, 15) is 9.90 Å². The predicted molar refractivity (Wildman–Crippen MR) is 52.3 cm³/mol. The summed E-state index contributed by atoms with van der Waals surface area (Å²) in [5.41, 5.74) is 0. The van der Waals surface area contributed by atoms with E-state index in [2.05, 4.69) is 5.32 Å². The van der Waals surface area contributed by atoms with E-state index in [1.165, 1.54) is 0 Å². The van der Waals surface area contributed by atoms with Crippen molar-refractivity contribution in [2.75, 3.05) is 26.4 Å².